The van der Waals surface area contributed by atoms with Gasteiger partial charge in [-0.15, -0.1) is 0 Å². The van der Waals surface area contributed by atoms with Crippen LogP contribution in [0, 0.1) is 5.41 Å². The lowest BCUT2D eigenvalue weighted by Gasteiger charge is -2.13. The highest BCUT2D eigenvalue weighted by molar-refractivity contribution is 5.73. The molecule has 0 heterocycles. The van der Waals surface area contributed by atoms with Gasteiger partial charge in [0, 0.05) is 18.5 Å². The Morgan fingerprint density at radius 2 is 2.18 bits per heavy atom. The number of carbonyl (C=O) groups excluding carboxylic acids is 1. The van der Waals surface area contributed by atoms with Gasteiger partial charge in [-0.25, -0.2) is 4.79 Å². The van der Waals surface area contributed by atoms with Crippen LogP contribution in [-0.2, 0) is 4.74 Å². The van der Waals surface area contributed by atoms with E-state index in [1.54, 1.807) is 0 Å². The summed E-state index contributed by atoms with van der Waals surface area (Å²) >= 11 is 0. The van der Waals surface area contributed by atoms with E-state index in [0.717, 1.165) is 18.4 Å². The molecule has 3 N–H and O–H groups in total. The molecule has 0 aromatic heterocycles. The van der Waals surface area contributed by atoms with Gasteiger partial charge < -0.3 is 20.5 Å². The van der Waals surface area contributed by atoms with Gasteiger partial charge >= 0.3 is 6.03 Å². The highest BCUT2D eigenvalue weighted by Gasteiger charge is 2.41. The van der Waals surface area contributed by atoms with Crippen molar-refractivity contribution in [3.8, 4) is 0 Å². The lowest BCUT2D eigenvalue weighted by molar-refractivity contribution is 0.157. The van der Waals surface area contributed by atoms with Crippen molar-refractivity contribution in [2.75, 3.05) is 32.9 Å². The van der Waals surface area contributed by atoms with Crippen molar-refractivity contribution in [3.05, 3.63) is 12.2 Å². The Hall–Kier alpha value is -1.07. The largest absolute Gasteiger partial charge is 0.396 e. The van der Waals surface area contributed by atoms with Crippen molar-refractivity contribution >= 4 is 6.03 Å². The van der Waals surface area contributed by atoms with Crippen molar-refractivity contribution in [1.29, 1.82) is 0 Å². The zero-order chi connectivity index (χ0) is 12.7. The molecule has 1 fully saturated rings. The van der Waals surface area contributed by atoms with E-state index in [1.165, 1.54) is 0 Å². The molecule has 5 nitrogen and oxygen atoms in total. The van der Waals surface area contributed by atoms with Crippen molar-refractivity contribution < 1.29 is 14.6 Å². The number of nitrogens with one attached hydrogen (secondary N) is 2. The number of aliphatic hydroxyl groups is 1. The predicted octanol–water partition coefficient (Wildman–Crippen LogP) is 0.651. The second-order valence-corrected chi connectivity index (χ2v) is 4.78. The van der Waals surface area contributed by atoms with Crippen LogP contribution in [0.4, 0.5) is 4.79 Å². The Balaban J connectivity index is 1.96. The van der Waals surface area contributed by atoms with Gasteiger partial charge in [-0.1, -0.05) is 12.2 Å². The molecule has 1 rings (SSSR count). The van der Waals surface area contributed by atoms with E-state index in [9.17, 15) is 4.79 Å². The van der Waals surface area contributed by atoms with E-state index in [-0.39, 0.29) is 18.1 Å². The summed E-state index contributed by atoms with van der Waals surface area (Å²) in [7, 11) is 0. The standard InChI is InChI=1S/C12H22N2O3/c1-10(2)7-17-6-5-13-11(16)14-8-12(9-15)3-4-12/h15H,1,3-9H2,2H3,(H2,13,14,16). The van der Waals surface area contributed by atoms with Gasteiger partial charge in [0.2, 0.25) is 0 Å². The first-order chi connectivity index (χ1) is 8.08. The number of ether oxygens (including phenoxy) is 1. The molecule has 17 heavy (non-hydrogen) atoms. The van der Waals surface area contributed by atoms with Gasteiger partial charge in [-0.05, 0) is 19.8 Å². The van der Waals surface area contributed by atoms with Crippen LogP contribution in [0.5, 0.6) is 0 Å². The first kappa shape index (κ1) is 14.0. The Morgan fingerprint density at radius 1 is 1.47 bits per heavy atom. The van der Waals surface area contributed by atoms with E-state index in [0.29, 0.717) is 26.3 Å². The average Bonchev–Trinajstić information content (AvgIpc) is 3.06. The third-order valence-electron chi connectivity index (χ3n) is 2.80. The Morgan fingerprint density at radius 3 is 2.71 bits per heavy atom. The Labute approximate surface area is 102 Å². The number of hydrogen-bond donors (Lipinski definition) is 3. The predicted molar refractivity (Wildman–Crippen MR) is 65.8 cm³/mol. The molecule has 0 unspecified atom stereocenters. The number of rotatable bonds is 8. The second-order valence-electron chi connectivity index (χ2n) is 4.78. The lowest BCUT2D eigenvalue weighted by atomic mass is 10.1. The fourth-order valence-electron chi connectivity index (χ4n) is 1.38. The molecule has 98 valence electrons. The SMILES string of the molecule is C=C(C)COCCNC(=O)NCC1(CO)CC1. The van der Waals surface area contributed by atoms with Crippen LogP contribution in [0.1, 0.15) is 19.8 Å². The normalized spacial score (nSPS) is 16.4. The minimum atomic E-state index is -0.205. The second kappa shape index (κ2) is 6.61. The van der Waals surface area contributed by atoms with E-state index in [1.807, 2.05) is 6.92 Å². The molecule has 1 aliphatic carbocycles. The van der Waals surface area contributed by atoms with Crippen molar-refractivity contribution in [1.82, 2.24) is 10.6 Å². The number of aliphatic hydroxyl groups excluding tert-OH is 1. The van der Waals surface area contributed by atoms with E-state index >= 15 is 0 Å². The van der Waals surface area contributed by atoms with Gasteiger partial charge in [0.25, 0.3) is 0 Å². The third-order valence-corrected chi connectivity index (χ3v) is 2.80. The topological polar surface area (TPSA) is 70.6 Å². The van der Waals surface area contributed by atoms with Gasteiger partial charge in [0.15, 0.2) is 0 Å². The minimum Gasteiger partial charge on any atom is -0.396 e. The van der Waals surface area contributed by atoms with Crippen LogP contribution < -0.4 is 10.6 Å². The zero-order valence-corrected chi connectivity index (χ0v) is 10.4. The van der Waals surface area contributed by atoms with Crippen LogP contribution in [0.15, 0.2) is 12.2 Å². The average molecular weight is 242 g/mol. The van der Waals surface area contributed by atoms with Gasteiger partial charge in [-0.2, -0.15) is 0 Å². The van der Waals surface area contributed by atoms with Crippen molar-refractivity contribution in [3.63, 3.8) is 0 Å². The van der Waals surface area contributed by atoms with E-state index in [2.05, 4.69) is 17.2 Å². The fraction of sp³-hybridized carbons (Fsp3) is 0.750. The molecule has 2 amide bonds. The highest BCUT2D eigenvalue weighted by atomic mass is 16.5. The molecule has 0 atom stereocenters. The van der Waals surface area contributed by atoms with Crippen molar-refractivity contribution in [2.24, 2.45) is 5.41 Å². The van der Waals surface area contributed by atoms with Crippen LogP contribution in [0.2, 0.25) is 0 Å². The van der Waals surface area contributed by atoms with E-state index < -0.39 is 0 Å². The number of amides is 2. The summed E-state index contributed by atoms with van der Waals surface area (Å²) in [5, 5.41) is 14.5. The van der Waals surface area contributed by atoms with Crippen molar-refractivity contribution in [2.45, 2.75) is 19.8 Å². The molecular formula is C12H22N2O3. The summed E-state index contributed by atoms with van der Waals surface area (Å²) in [4.78, 5) is 11.4. The summed E-state index contributed by atoms with van der Waals surface area (Å²) in [6, 6.07) is -0.205. The molecule has 0 bridgehead atoms. The number of carbonyl (C=O) groups is 1. The van der Waals surface area contributed by atoms with E-state index in [4.69, 9.17) is 9.84 Å². The molecule has 0 aliphatic heterocycles. The maximum absolute atomic E-state index is 11.4. The van der Waals surface area contributed by atoms with Crippen LogP contribution in [0.3, 0.4) is 0 Å². The smallest absolute Gasteiger partial charge is 0.314 e. The molecule has 1 saturated carbocycles. The third kappa shape index (κ3) is 5.70. The lowest BCUT2D eigenvalue weighted by Crippen LogP contribution is -2.40. The minimum absolute atomic E-state index is 0.0478. The molecule has 0 saturated heterocycles. The highest BCUT2D eigenvalue weighted by Crippen LogP contribution is 2.44. The van der Waals surface area contributed by atoms with Crippen LogP contribution >= 0.6 is 0 Å². The Bertz CT molecular complexity index is 275. The molecule has 0 radical (unpaired) electrons. The maximum atomic E-state index is 11.4. The number of urea groups is 1. The zero-order valence-electron chi connectivity index (χ0n) is 10.4. The first-order valence-corrected chi connectivity index (χ1v) is 5.93. The summed E-state index contributed by atoms with van der Waals surface area (Å²) in [6.45, 7) is 7.78. The quantitative estimate of drug-likeness (QED) is 0.432. The molecule has 5 heteroatoms. The van der Waals surface area contributed by atoms with Gasteiger partial charge in [0.1, 0.15) is 0 Å². The van der Waals surface area contributed by atoms with Crippen LogP contribution in [-0.4, -0.2) is 44.0 Å². The van der Waals surface area contributed by atoms with Gasteiger partial charge in [-0.3, -0.25) is 0 Å². The summed E-state index contributed by atoms with van der Waals surface area (Å²) in [5.41, 5.74) is 0.918. The maximum Gasteiger partial charge on any atom is 0.314 e. The molecule has 0 aromatic carbocycles. The van der Waals surface area contributed by atoms with Gasteiger partial charge in [0.05, 0.1) is 19.8 Å². The molecule has 0 aromatic rings. The monoisotopic (exact) mass is 242 g/mol. The molecular weight excluding hydrogens is 220 g/mol. The summed E-state index contributed by atoms with van der Waals surface area (Å²) in [6.07, 6.45) is 1.98. The fourth-order valence-corrected chi connectivity index (χ4v) is 1.38. The van der Waals surface area contributed by atoms with Crippen LogP contribution in [0.25, 0.3) is 0 Å². The first-order valence-electron chi connectivity index (χ1n) is 5.93. The molecule has 1 aliphatic rings. The molecule has 0 spiro atoms. The summed E-state index contributed by atoms with van der Waals surface area (Å²) in [5.74, 6) is 0. The Kier molecular flexibility index (Phi) is 5.44. The number of hydrogen-bond acceptors (Lipinski definition) is 3. The summed E-state index contributed by atoms with van der Waals surface area (Å²) < 4.78 is 5.24.